The Bertz CT molecular complexity index is 5540. The number of nitrogens with zero attached hydrogens (tertiary/aromatic N) is 4. The van der Waals surface area contributed by atoms with Crippen LogP contribution in [0.3, 0.4) is 0 Å². The summed E-state index contributed by atoms with van der Waals surface area (Å²) in [5.74, 6) is 0. The van der Waals surface area contributed by atoms with E-state index in [2.05, 4.69) is 287 Å². The van der Waals surface area contributed by atoms with Crippen molar-refractivity contribution in [1.82, 2.24) is 4.98 Å². The Balaban J connectivity index is 0.000000126. The fraction of sp³-hybridized carbons (Fsp3) is 0.244. The van der Waals surface area contributed by atoms with E-state index in [9.17, 15) is 0 Å². The van der Waals surface area contributed by atoms with Gasteiger partial charge in [-0.2, -0.15) is 13.7 Å². The summed E-state index contributed by atoms with van der Waals surface area (Å²) in [6, 6.07) is 59.9. The van der Waals surface area contributed by atoms with E-state index < -0.39 is 24.2 Å². The molecule has 15 aromatic rings. The van der Waals surface area contributed by atoms with Crippen molar-refractivity contribution in [1.29, 1.82) is 0 Å². The van der Waals surface area contributed by atoms with Gasteiger partial charge in [0.05, 0.1) is 35.3 Å². The zero-order chi connectivity index (χ0) is 65.4. The minimum atomic E-state index is -1.60. The summed E-state index contributed by atoms with van der Waals surface area (Å²) in [5, 5.41) is 15.6. The lowest BCUT2D eigenvalue weighted by Gasteiger charge is -2.20. The van der Waals surface area contributed by atoms with Crippen molar-refractivity contribution >= 4 is 138 Å². The number of benzene rings is 8. The topological polar surface area (TPSA) is 64.0 Å². The van der Waals surface area contributed by atoms with Crippen molar-refractivity contribution in [2.75, 3.05) is 0 Å². The van der Waals surface area contributed by atoms with Crippen molar-refractivity contribution in [3.8, 4) is 33.8 Å². The van der Waals surface area contributed by atoms with Gasteiger partial charge in [-0.1, -0.05) is 130 Å². The Labute approximate surface area is 544 Å². The van der Waals surface area contributed by atoms with E-state index in [1.807, 2.05) is 31.2 Å². The summed E-state index contributed by atoms with van der Waals surface area (Å²) in [7, 11) is 1.87. The van der Waals surface area contributed by atoms with Crippen LogP contribution < -0.4 is 29.3 Å². The lowest BCUT2D eigenvalue weighted by Crippen LogP contribution is -2.43. The van der Waals surface area contributed by atoms with Crippen LogP contribution in [0.5, 0.6) is 0 Å². The maximum atomic E-state index is 6.45. The molecule has 0 radical (unpaired) electrons. The maximum Gasteiger partial charge on any atom is 0.227 e. The van der Waals surface area contributed by atoms with Gasteiger partial charge in [-0.3, -0.25) is 0 Å². The van der Waals surface area contributed by atoms with Gasteiger partial charge < -0.3 is 13.3 Å². The number of pyridine rings is 4. The zero-order valence-corrected chi connectivity index (χ0v) is 60.6. The number of aromatic nitrogens is 4. The fourth-order valence-electron chi connectivity index (χ4n) is 14.1. The van der Waals surface area contributed by atoms with Crippen LogP contribution in [-0.4, -0.2) is 29.2 Å². The molecule has 0 spiro atoms. The van der Waals surface area contributed by atoms with Gasteiger partial charge in [0.15, 0.2) is 5.58 Å². The molecule has 0 N–H and O–H groups in total. The Morgan fingerprint density at radius 2 is 0.739 bits per heavy atom. The van der Waals surface area contributed by atoms with E-state index in [1.165, 1.54) is 143 Å². The number of aryl methyl sites for hydroxylation is 10. The predicted octanol–water partition coefficient (Wildman–Crippen LogP) is 19.2. The first kappa shape index (κ1) is 62.0. The first-order valence-corrected chi connectivity index (χ1v) is 43.0. The number of hydrogen-bond donors (Lipinski definition) is 0. The summed E-state index contributed by atoms with van der Waals surface area (Å²) in [6.07, 6.45) is 0. The molecule has 7 heterocycles. The van der Waals surface area contributed by atoms with E-state index in [4.69, 9.17) is 13.3 Å². The minimum absolute atomic E-state index is 0.718. The maximum absolute atomic E-state index is 6.45. The van der Waals surface area contributed by atoms with Gasteiger partial charge in [-0.05, 0) is 166 Å². The molecular formula is C82H87N4O3Si3+3. The average molecular weight is 1260 g/mol. The second kappa shape index (κ2) is 22.8. The quantitative estimate of drug-likeness (QED) is 0.123. The fourth-order valence-corrected chi connectivity index (χ4v) is 18.9. The largest absolute Gasteiger partial charge is 0.456 e. The van der Waals surface area contributed by atoms with Gasteiger partial charge in [0.1, 0.15) is 43.5 Å². The standard InChI is InChI=1S/C28H31N2OSi.2C27H28NOSi/c1-16-9-12-23-22(13-16)25(32(6,7)8)15-24(30(23)5)26-19(4)17(2)14-21-20-11-10-18(3)29-28(20)31-27(21)26;1-17-11-12-23-22(13-17)27(30(4,5)6)16-24(28(23)3)20-15-21-19-9-7-8-10-25(19)29-26(21)14-18(20)2;1-17-11-12-23-22(13-17)27(30(4,5)6)16-24(28(23)3)20-15-26-21(14-18(20)2)19-9-7-8-10-25(19)29-26/h9-15H,1-8H3;2*7-16H,1-6H3/q3*+1. The third kappa shape index (κ3) is 10.9. The van der Waals surface area contributed by atoms with Crippen LogP contribution in [0.15, 0.2) is 177 Å². The highest BCUT2D eigenvalue weighted by Gasteiger charge is 2.32. The van der Waals surface area contributed by atoms with Gasteiger partial charge in [-0.15, -0.1) is 0 Å². The second-order valence-corrected chi connectivity index (χ2v) is 44.4. The molecule has 0 saturated carbocycles. The molecule has 15 rings (SSSR count). The molecule has 0 atom stereocenters. The molecule has 10 heteroatoms. The zero-order valence-electron chi connectivity index (χ0n) is 57.6. The van der Waals surface area contributed by atoms with Gasteiger partial charge in [-0.25, -0.2) is 4.98 Å². The third-order valence-corrected chi connectivity index (χ3v) is 25.4. The van der Waals surface area contributed by atoms with Crippen molar-refractivity contribution in [3.05, 3.63) is 208 Å². The predicted molar refractivity (Wildman–Crippen MR) is 398 cm³/mol. The Morgan fingerprint density at radius 3 is 1.23 bits per heavy atom. The lowest BCUT2D eigenvalue weighted by atomic mass is 9.96. The summed E-state index contributed by atoms with van der Waals surface area (Å²) < 4.78 is 25.8. The monoisotopic (exact) mass is 1260 g/mol. The summed E-state index contributed by atoms with van der Waals surface area (Å²) >= 11 is 0. The summed E-state index contributed by atoms with van der Waals surface area (Å²) in [5.41, 5.74) is 26.7. The van der Waals surface area contributed by atoms with Crippen molar-refractivity contribution in [2.24, 2.45) is 21.1 Å². The van der Waals surface area contributed by atoms with Crippen molar-refractivity contribution in [2.45, 2.75) is 114 Å². The van der Waals surface area contributed by atoms with E-state index in [1.54, 1.807) is 0 Å². The first-order chi connectivity index (χ1) is 43.5. The van der Waals surface area contributed by atoms with Gasteiger partial charge >= 0.3 is 0 Å². The van der Waals surface area contributed by atoms with Crippen LogP contribution in [0, 0.1) is 55.4 Å². The third-order valence-electron chi connectivity index (χ3n) is 19.3. The number of hydrogen-bond acceptors (Lipinski definition) is 4. The van der Waals surface area contributed by atoms with Crippen LogP contribution in [-0.2, 0) is 21.1 Å². The molecule has 0 fully saturated rings. The van der Waals surface area contributed by atoms with E-state index in [0.29, 0.717) is 0 Å². The molecule has 0 unspecified atom stereocenters. The van der Waals surface area contributed by atoms with Crippen molar-refractivity contribution in [3.63, 3.8) is 0 Å². The second-order valence-electron chi connectivity index (χ2n) is 29.3. The molecule has 0 aliphatic carbocycles. The summed E-state index contributed by atoms with van der Waals surface area (Å²) in [4.78, 5) is 4.68. The molecule has 7 nitrogen and oxygen atoms in total. The van der Waals surface area contributed by atoms with Crippen LogP contribution >= 0.6 is 0 Å². The Hall–Kier alpha value is -8.81. The van der Waals surface area contributed by atoms with E-state index >= 15 is 0 Å². The number of fused-ring (bicyclic) bond motifs is 12. The smallest absolute Gasteiger partial charge is 0.227 e. The molecule has 0 amide bonds. The van der Waals surface area contributed by atoms with Crippen LogP contribution in [0.4, 0.5) is 0 Å². The highest BCUT2D eigenvalue weighted by molar-refractivity contribution is 6.91. The van der Waals surface area contributed by atoms with Crippen LogP contribution in [0.2, 0.25) is 58.9 Å². The van der Waals surface area contributed by atoms with Gasteiger partial charge in [0, 0.05) is 96.1 Å². The Kier molecular flexibility index (Phi) is 15.4. The average Bonchev–Trinajstić information content (AvgIpc) is 1.32. The highest BCUT2D eigenvalue weighted by atomic mass is 28.3. The van der Waals surface area contributed by atoms with E-state index in [-0.39, 0.29) is 0 Å². The molecule has 462 valence electrons. The normalized spacial score (nSPS) is 12.3. The number of furan rings is 3. The molecule has 8 aromatic carbocycles. The molecule has 0 aliphatic heterocycles. The molecule has 7 aromatic heterocycles. The molecular weight excluding hydrogens is 1170 g/mol. The number of rotatable bonds is 6. The van der Waals surface area contributed by atoms with Crippen molar-refractivity contribution < 1.29 is 27.0 Å². The minimum Gasteiger partial charge on any atom is -0.456 e. The highest BCUT2D eigenvalue weighted by Crippen LogP contribution is 2.40. The SMILES string of the molecule is Cc1ccc2c(c1)c([Si](C)(C)C)cc(-c1c(C)c(C)cc3c1oc1nc(C)ccc13)[n+]2C.Cc1ccc2c(c1)c([Si](C)(C)C)cc(-c1cc3c(cc1C)oc1ccccc13)[n+]2C.Cc1ccc2c(c1)c([Si](C)(C)C)cc(-c1cc3oc4ccccc4c3cc1C)[n+]2C. The van der Waals surface area contributed by atoms with Crippen LogP contribution in [0.25, 0.3) is 132 Å². The molecule has 0 bridgehead atoms. The van der Waals surface area contributed by atoms with E-state index in [0.717, 1.165) is 50.1 Å². The molecule has 0 aliphatic rings. The first-order valence-electron chi connectivity index (χ1n) is 32.5. The number of para-hydroxylation sites is 2. The lowest BCUT2D eigenvalue weighted by molar-refractivity contribution is -0.633. The molecule has 0 saturated heterocycles. The van der Waals surface area contributed by atoms with Crippen LogP contribution in [0.1, 0.15) is 44.6 Å². The van der Waals surface area contributed by atoms with Gasteiger partial charge in [0.25, 0.3) is 0 Å². The van der Waals surface area contributed by atoms with Gasteiger partial charge in [0.2, 0.25) is 39.3 Å². The Morgan fingerprint density at radius 1 is 0.326 bits per heavy atom. The summed E-state index contributed by atoms with van der Waals surface area (Å²) in [6.45, 7) is 39.3. The molecule has 92 heavy (non-hydrogen) atoms.